The van der Waals surface area contributed by atoms with E-state index in [4.69, 9.17) is 25.3 Å². The summed E-state index contributed by atoms with van der Waals surface area (Å²) >= 11 is 6.17. The highest BCUT2D eigenvalue weighted by atomic mass is 35.5. The fourth-order valence-electron chi connectivity index (χ4n) is 5.10. The van der Waals surface area contributed by atoms with Gasteiger partial charge in [-0.2, -0.15) is 8.42 Å². The van der Waals surface area contributed by atoms with Crippen molar-refractivity contribution in [3.05, 3.63) is 121 Å². The van der Waals surface area contributed by atoms with E-state index in [1.165, 1.54) is 6.07 Å². The fourth-order valence-corrected chi connectivity index (χ4v) is 6.75. The minimum absolute atomic E-state index is 0.0903. The van der Waals surface area contributed by atoms with Crippen LogP contribution in [0.1, 0.15) is 17.5 Å². The van der Waals surface area contributed by atoms with Crippen LogP contribution in [0, 0.1) is 31.6 Å². The summed E-state index contributed by atoms with van der Waals surface area (Å²) in [6.45, 7) is 0.460. The van der Waals surface area contributed by atoms with Gasteiger partial charge in [0.2, 0.25) is 0 Å². The fraction of sp³-hybridized carbons (Fsp3) is 0.167. The van der Waals surface area contributed by atoms with Gasteiger partial charge in [-0.15, -0.1) is 0 Å². The van der Waals surface area contributed by atoms with Gasteiger partial charge in [0.05, 0.1) is 17.7 Å². The Labute approximate surface area is 227 Å². The first-order valence-corrected chi connectivity index (χ1v) is 14.0. The number of ether oxygens (including phenoxy) is 2. The largest absolute Gasteiger partial charge is 0.508 e. The van der Waals surface area contributed by atoms with Gasteiger partial charge in [0, 0.05) is 12.3 Å². The van der Waals surface area contributed by atoms with Gasteiger partial charge in [-0.05, 0) is 84.4 Å². The van der Waals surface area contributed by atoms with Crippen molar-refractivity contribution in [1.82, 2.24) is 0 Å². The van der Waals surface area contributed by atoms with Crippen molar-refractivity contribution in [2.45, 2.75) is 23.9 Å². The van der Waals surface area contributed by atoms with Gasteiger partial charge in [-0.1, -0.05) is 48.0 Å². The summed E-state index contributed by atoms with van der Waals surface area (Å²) in [6, 6.07) is 20.9. The maximum Gasteiger partial charge on any atom is 0.315 e. The van der Waals surface area contributed by atoms with Crippen molar-refractivity contribution >= 4 is 32.9 Å². The molecular weight excluding hydrogens is 524 g/mol. The van der Waals surface area contributed by atoms with E-state index in [1.54, 1.807) is 30.3 Å². The van der Waals surface area contributed by atoms with Crippen LogP contribution in [-0.2, 0) is 14.9 Å². The quantitative estimate of drug-likeness (QED) is 0.365. The molecule has 193 valence electrons. The Morgan fingerprint density at radius 3 is 2.26 bits per heavy atom. The second kappa shape index (κ2) is 10.3. The number of benzene rings is 3. The zero-order valence-electron chi connectivity index (χ0n) is 20.2. The summed E-state index contributed by atoms with van der Waals surface area (Å²) < 4.78 is 44.5. The number of fused-ring (bicyclic) bond motifs is 2. The number of halogens is 1. The highest BCUT2D eigenvalue weighted by Crippen LogP contribution is 2.51. The molecule has 0 amide bonds. The Morgan fingerprint density at radius 2 is 1.55 bits per heavy atom. The minimum atomic E-state index is -4.07. The predicted octanol–water partition coefficient (Wildman–Crippen LogP) is 5.69. The lowest BCUT2D eigenvalue weighted by molar-refractivity contribution is 0.128. The summed E-state index contributed by atoms with van der Waals surface area (Å²) in [5.74, 6) is 2.03. The van der Waals surface area contributed by atoms with Crippen LogP contribution in [0.15, 0.2) is 72.8 Å². The molecule has 0 aromatic heterocycles. The van der Waals surface area contributed by atoms with Crippen LogP contribution in [0.3, 0.4) is 0 Å². The molecule has 3 atom stereocenters. The Morgan fingerprint density at radius 1 is 0.895 bits per heavy atom. The van der Waals surface area contributed by atoms with Crippen LogP contribution in [0.5, 0.6) is 17.2 Å². The molecule has 1 N–H and O–H groups in total. The predicted molar refractivity (Wildman–Crippen MR) is 145 cm³/mol. The SMILES string of the molecule is O=S(=O)(Oc1ccccc1Cl)[C@H]1C[C@H]2O[C@@H]1C(c1ccc(OC[C]3[CH][CH][CH][CH]3)cc1)=C2c1ccc(O)cc1. The van der Waals surface area contributed by atoms with E-state index < -0.39 is 27.6 Å². The first-order valence-electron chi connectivity index (χ1n) is 12.2. The van der Waals surface area contributed by atoms with E-state index in [-0.39, 0.29) is 22.9 Å². The topological polar surface area (TPSA) is 82.1 Å². The summed E-state index contributed by atoms with van der Waals surface area (Å²) in [5, 5.41) is 9.12. The van der Waals surface area contributed by atoms with Gasteiger partial charge < -0.3 is 18.8 Å². The van der Waals surface area contributed by atoms with Gasteiger partial charge in [-0.3, -0.25) is 0 Å². The number of rotatable bonds is 8. The molecule has 1 saturated heterocycles. The zero-order chi connectivity index (χ0) is 26.3. The highest BCUT2D eigenvalue weighted by Gasteiger charge is 2.53. The lowest BCUT2D eigenvalue weighted by Gasteiger charge is -2.25. The molecule has 0 spiro atoms. The summed E-state index contributed by atoms with van der Waals surface area (Å²) in [7, 11) is -4.07. The number of hydrogen-bond acceptors (Lipinski definition) is 6. The standard InChI is InChI=1S/C30H24ClO6S/c31-24-7-3-4-8-25(24)37-38(33,34)27-17-26-28(20-9-13-22(32)14-10-20)29(30(27)36-26)21-11-15-23(16-12-21)35-18-19-5-1-2-6-19/h1-16,26-27,30,32H,17-18H2/t26-,27+,30+/m1/s1. The Hall–Kier alpha value is -3.00. The molecule has 2 aliphatic heterocycles. The van der Waals surface area contributed by atoms with E-state index in [9.17, 15) is 13.5 Å². The van der Waals surface area contributed by atoms with Gasteiger partial charge in [0.25, 0.3) is 0 Å². The molecule has 0 unspecified atom stereocenters. The van der Waals surface area contributed by atoms with Crippen molar-refractivity contribution in [3.63, 3.8) is 0 Å². The number of phenolic OH excluding ortho intramolecular Hbond substituents is 1. The van der Waals surface area contributed by atoms with E-state index in [0.717, 1.165) is 28.2 Å². The molecule has 1 aliphatic carbocycles. The molecule has 2 fully saturated rings. The van der Waals surface area contributed by atoms with Gasteiger partial charge in [0.1, 0.15) is 22.9 Å². The van der Waals surface area contributed by atoms with Gasteiger partial charge in [-0.25, -0.2) is 0 Å². The summed E-state index contributed by atoms with van der Waals surface area (Å²) in [5.41, 5.74) is 3.39. The molecule has 5 radical (unpaired) electrons. The number of phenols is 1. The molecule has 38 heavy (non-hydrogen) atoms. The van der Waals surface area contributed by atoms with Crippen LogP contribution in [0.4, 0.5) is 0 Å². The smallest absolute Gasteiger partial charge is 0.315 e. The van der Waals surface area contributed by atoms with Crippen molar-refractivity contribution in [1.29, 1.82) is 0 Å². The molecule has 1 saturated carbocycles. The molecule has 3 aromatic rings. The summed E-state index contributed by atoms with van der Waals surface area (Å²) in [4.78, 5) is 0. The van der Waals surface area contributed by atoms with Crippen LogP contribution in [0.2, 0.25) is 5.02 Å². The number of para-hydroxylation sites is 1. The van der Waals surface area contributed by atoms with Crippen molar-refractivity contribution in [2.24, 2.45) is 0 Å². The van der Waals surface area contributed by atoms with E-state index in [1.807, 2.05) is 62.1 Å². The second-order valence-electron chi connectivity index (χ2n) is 9.31. The molecule has 2 heterocycles. The van der Waals surface area contributed by atoms with Crippen LogP contribution in [-0.4, -0.2) is 37.6 Å². The lowest BCUT2D eigenvalue weighted by atomic mass is 9.83. The monoisotopic (exact) mass is 547 g/mol. The van der Waals surface area contributed by atoms with E-state index in [0.29, 0.717) is 12.4 Å². The third-order valence-electron chi connectivity index (χ3n) is 6.89. The van der Waals surface area contributed by atoms with Crippen LogP contribution >= 0.6 is 11.6 Å². The Kier molecular flexibility index (Phi) is 6.84. The van der Waals surface area contributed by atoms with Crippen molar-refractivity contribution < 1.29 is 27.2 Å². The molecule has 3 aliphatic rings. The van der Waals surface area contributed by atoms with Crippen LogP contribution in [0.25, 0.3) is 11.1 Å². The van der Waals surface area contributed by atoms with Gasteiger partial charge in [0.15, 0.2) is 5.75 Å². The highest BCUT2D eigenvalue weighted by molar-refractivity contribution is 7.87. The third-order valence-corrected chi connectivity index (χ3v) is 8.79. The minimum Gasteiger partial charge on any atom is -0.508 e. The molecule has 6 rings (SSSR count). The molecular formula is C30H24ClO6S. The molecule has 3 aromatic carbocycles. The maximum atomic E-state index is 13.4. The van der Waals surface area contributed by atoms with Crippen molar-refractivity contribution in [3.8, 4) is 17.2 Å². The first-order chi connectivity index (χ1) is 18.4. The molecule has 8 heteroatoms. The maximum absolute atomic E-state index is 13.4. The number of hydrogen-bond donors (Lipinski definition) is 1. The molecule has 6 nitrogen and oxygen atoms in total. The Balaban J connectivity index is 1.32. The molecule has 2 bridgehead atoms. The van der Waals surface area contributed by atoms with Gasteiger partial charge >= 0.3 is 10.1 Å². The zero-order valence-corrected chi connectivity index (χ0v) is 21.7. The van der Waals surface area contributed by atoms with E-state index in [2.05, 4.69) is 0 Å². The second-order valence-corrected chi connectivity index (χ2v) is 11.5. The van der Waals surface area contributed by atoms with E-state index >= 15 is 0 Å². The normalized spacial score (nSPS) is 23.2. The first kappa shape index (κ1) is 25.3. The van der Waals surface area contributed by atoms with Crippen LogP contribution < -0.4 is 8.92 Å². The Bertz CT molecular complexity index is 1440. The summed E-state index contributed by atoms with van der Waals surface area (Å²) in [6.07, 6.45) is 7.01. The number of aromatic hydroxyl groups is 1. The average Bonchev–Trinajstić information content (AvgIpc) is 3.67. The third kappa shape index (κ3) is 4.91. The lowest BCUT2D eigenvalue weighted by Crippen LogP contribution is -2.35. The average molecular weight is 548 g/mol. The van der Waals surface area contributed by atoms with Crippen molar-refractivity contribution in [2.75, 3.05) is 6.61 Å².